The minimum absolute atomic E-state index is 0.119. The molecular weight excluding hydrogens is 346 g/mol. The molecule has 0 spiro atoms. The van der Waals surface area contributed by atoms with Gasteiger partial charge in [-0.05, 0) is 35.4 Å². The van der Waals surface area contributed by atoms with Crippen LogP contribution in [0.25, 0.3) is 0 Å². The number of hydrogen-bond donors (Lipinski definition) is 1. The fraction of sp³-hybridized carbons (Fsp3) is 0.250. The molecule has 0 bridgehead atoms. The highest BCUT2D eigenvalue weighted by Crippen LogP contribution is 2.39. The van der Waals surface area contributed by atoms with Crippen molar-refractivity contribution in [3.63, 3.8) is 0 Å². The van der Waals surface area contributed by atoms with Crippen LogP contribution in [0.3, 0.4) is 0 Å². The van der Waals surface area contributed by atoms with Crippen molar-refractivity contribution in [3.8, 4) is 11.5 Å². The van der Waals surface area contributed by atoms with Crippen LogP contribution in [0.4, 0.5) is 5.69 Å². The Balaban J connectivity index is 1.60. The summed E-state index contributed by atoms with van der Waals surface area (Å²) in [4.78, 5) is 23.3. The molecule has 2 heterocycles. The van der Waals surface area contributed by atoms with E-state index in [1.54, 1.807) is 0 Å². The van der Waals surface area contributed by atoms with Crippen molar-refractivity contribution in [1.82, 2.24) is 5.01 Å². The van der Waals surface area contributed by atoms with E-state index >= 15 is 0 Å². The van der Waals surface area contributed by atoms with E-state index in [9.17, 15) is 9.59 Å². The number of hydrazone groups is 1. The van der Waals surface area contributed by atoms with Crippen LogP contribution in [0.15, 0.2) is 47.6 Å². The van der Waals surface area contributed by atoms with Gasteiger partial charge in [0.1, 0.15) is 0 Å². The summed E-state index contributed by atoms with van der Waals surface area (Å²) in [5.74, 6) is 1.15. The zero-order valence-electron chi connectivity index (χ0n) is 15.1. The lowest BCUT2D eigenvalue weighted by Crippen LogP contribution is -2.24. The van der Waals surface area contributed by atoms with E-state index in [2.05, 4.69) is 10.4 Å². The lowest BCUT2D eigenvalue weighted by molar-refractivity contribution is -0.130. The number of benzene rings is 2. The fourth-order valence-corrected chi connectivity index (χ4v) is 3.30. The first kappa shape index (κ1) is 17.1. The molecule has 0 saturated carbocycles. The third-order valence-corrected chi connectivity index (χ3v) is 4.55. The molecule has 2 aliphatic rings. The zero-order valence-corrected chi connectivity index (χ0v) is 15.1. The van der Waals surface area contributed by atoms with E-state index in [0.717, 1.165) is 22.5 Å². The van der Waals surface area contributed by atoms with Crippen LogP contribution >= 0.6 is 0 Å². The number of nitrogens with zero attached hydrogens (tertiary/aromatic N) is 2. The van der Waals surface area contributed by atoms with Crippen LogP contribution in [-0.2, 0) is 9.59 Å². The van der Waals surface area contributed by atoms with E-state index in [-0.39, 0.29) is 24.6 Å². The first-order valence-electron chi connectivity index (χ1n) is 8.66. The lowest BCUT2D eigenvalue weighted by Gasteiger charge is -2.20. The Morgan fingerprint density at radius 2 is 1.81 bits per heavy atom. The molecular formula is C20H19N3O4. The Hall–Kier alpha value is -3.35. The maximum atomic E-state index is 12.1. The first-order valence-corrected chi connectivity index (χ1v) is 8.66. The van der Waals surface area contributed by atoms with Gasteiger partial charge in [0.25, 0.3) is 0 Å². The molecule has 2 aromatic rings. The van der Waals surface area contributed by atoms with Crippen molar-refractivity contribution < 1.29 is 19.1 Å². The van der Waals surface area contributed by atoms with Gasteiger partial charge in [0.2, 0.25) is 18.6 Å². The number of amides is 2. The van der Waals surface area contributed by atoms with Gasteiger partial charge in [0.05, 0.1) is 11.8 Å². The van der Waals surface area contributed by atoms with E-state index in [4.69, 9.17) is 9.47 Å². The van der Waals surface area contributed by atoms with Gasteiger partial charge in [-0.15, -0.1) is 0 Å². The van der Waals surface area contributed by atoms with Crippen LogP contribution in [0.2, 0.25) is 0 Å². The molecule has 2 aliphatic heterocycles. The normalized spacial score (nSPS) is 17.6. The number of carbonyl (C=O) groups is 2. The Kier molecular flexibility index (Phi) is 4.27. The standard InChI is InChI=1S/C20H19N3O4/c1-12(24)21-16-6-3-14(4-7-16)17-10-18(23(22-17)13(2)25)15-5-8-19-20(9-15)27-11-26-19/h3-9,18H,10-11H2,1-2H3,(H,21,24). The predicted molar refractivity (Wildman–Crippen MR) is 99.7 cm³/mol. The molecule has 0 radical (unpaired) electrons. The highest BCUT2D eigenvalue weighted by molar-refractivity contribution is 6.03. The number of anilines is 1. The Bertz CT molecular complexity index is 937. The first-order chi connectivity index (χ1) is 13.0. The third-order valence-electron chi connectivity index (χ3n) is 4.55. The molecule has 1 atom stereocenters. The number of hydrogen-bond acceptors (Lipinski definition) is 5. The summed E-state index contributed by atoms with van der Waals surface area (Å²) in [6.07, 6.45) is 0.596. The molecule has 138 valence electrons. The summed E-state index contributed by atoms with van der Waals surface area (Å²) in [6, 6.07) is 12.9. The second kappa shape index (κ2) is 6.75. The minimum atomic E-state index is -0.193. The van der Waals surface area contributed by atoms with Gasteiger partial charge in [-0.3, -0.25) is 9.59 Å². The van der Waals surface area contributed by atoms with Crippen LogP contribution in [0.1, 0.15) is 37.4 Å². The molecule has 4 rings (SSSR count). The summed E-state index contributed by atoms with van der Waals surface area (Å²) in [7, 11) is 0. The topological polar surface area (TPSA) is 80.2 Å². The van der Waals surface area contributed by atoms with E-state index in [0.29, 0.717) is 17.9 Å². The molecule has 7 nitrogen and oxygen atoms in total. The quantitative estimate of drug-likeness (QED) is 0.906. The van der Waals surface area contributed by atoms with Crippen molar-refractivity contribution in [2.24, 2.45) is 5.10 Å². The van der Waals surface area contributed by atoms with Crippen molar-refractivity contribution in [3.05, 3.63) is 53.6 Å². The van der Waals surface area contributed by atoms with Crippen LogP contribution in [-0.4, -0.2) is 29.3 Å². The number of carbonyl (C=O) groups excluding carboxylic acids is 2. The molecule has 27 heavy (non-hydrogen) atoms. The summed E-state index contributed by atoms with van der Waals surface area (Å²) < 4.78 is 10.8. The molecule has 2 aromatic carbocycles. The third kappa shape index (κ3) is 3.36. The summed E-state index contributed by atoms with van der Waals surface area (Å²) in [5, 5.41) is 8.79. The average molecular weight is 365 g/mol. The number of rotatable bonds is 3. The SMILES string of the molecule is CC(=O)Nc1ccc(C2=NN(C(C)=O)C(c3ccc4c(c3)OCO4)C2)cc1. The Morgan fingerprint density at radius 3 is 2.52 bits per heavy atom. The van der Waals surface area contributed by atoms with Crippen LogP contribution in [0, 0.1) is 0 Å². The van der Waals surface area contributed by atoms with Gasteiger partial charge in [-0.2, -0.15) is 5.10 Å². The van der Waals surface area contributed by atoms with Gasteiger partial charge in [0.15, 0.2) is 11.5 Å². The van der Waals surface area contributed by atoms with Crippen molar-refractivity contribution in [2.75, 3.05) is 12.1 Å². The number of fused-ring (bicyclic) bond motifs is 1. The Morgan fingerprint density at radius 1 is 1.07 bits per heavy atom. The zero-order chi connectivity index (χ0) is 19.0. The van der Waals surface area contributed by atoms with Crippen LogP contribution < -0.4 is 14.8 Å². The highest BCUT2D eigenvalue weighted by Gasteiger charge is 2.32. The highest BCUT2D eigenvalue weighted by atomic mass is 16.7. The summed E-state index contributed by atoms with van der Waals surface area (Å²) in [5.41, 5.74) is 3.41. The minimum Gasteiger partial charge on any atom is -0.454 e. The van der Waals surface area contributed by atoms with Crippen molar-refractivity contribution in [2.45, 2.75) is 26.3 Å². The van der Waals surface area contributed by atoms with Crippen molar-refractivity contribution in [1.29, 1.82) is 0 Å². The van der Waals surface area contributed by atoms with E-state index in [1.165, 1.54) is 18.9 Å². The second-order valence-corrected chi connectivity index (χ2v) is 6.50. The summed E-state index contributed by atoms with van der Waals surface area (Å²) in [6.45, 7) is 3.18. The molecule has 1 N–H and O–H groups in total. The molecule has 7 heteroatoms. The number of nitrogens with one attached hydrogen (secondary N) is 1. The van der Waals surface area contributed by atoms with Crippen molar-refractivity contribution >= 4 is 23.2 Å². The van der Waals surface area contributed by atoms with E-state index in [1.807, 2.05) is 42.5 Å². The molecule has 0 aliphatic carbocycles. The maximum absolute atomic E-state index is 12.1. The lowest BCUT2D eigenvalue weighted by atomic mass is 9.98. The van der Waals surface area contributed by atoms with Gasteiger partial charge >= 0.3 is 0 Å². The van der Waals surface area contributed by atoms with Gasteiger partial charge < -0.3 is 14.8 Å². The molecule has 0 saturated heterocycles. The van der Waals surface area contributed by atoms with Gasteiger partial charge in [0, 0.05) is 26.0 Å². The monoisotopic (exact) mass is 365 g/mol. The van der Waals surface area contributed by atoms with Gasteiger partial charge in [-0.25, -0.2) is 5.01 Å². The van der Waals surface area contributed by atoms with Crippen LogP contribution in [0.5, 0.6) is 11.5 Å². The molecule has 1 unspecified atom stereocenters. The molecule has 0 aromatic heterocycles. The van der Waals surface area contributed by atoms with Gasteiger partial charge in [-0.1, -0.05) is 18.2 Å². The fourth-order valence-electron chi connectivity index (χ4n) is 3.30. The maximum Gasteiger partial charge on any atom is 0.240 e. The number of ether oxygens (including phenoxy) is 2. The second-order valence-electron chi connectivity index (χ2n) is 6.50. The molecule has 0 fully saturated rings. The smallest absolute Gasteiger partial charge is 0.240 e. The predicted octanol–water partition coefficient (Wildman–Crippen LogP) is 3.07. The average Bonchev–Trinajstić information content (AvgIpc) is 3.28. The Labute approximate surface area is 156 Å². The summed E-state index contributed by atoms with van der Waals surface area (Å²) >= 11 is 0. The van der Waals surface area contributed by atoms with E-state index < -0.39 is 0 Å². The molecule has 2 amide bonds. The largest absolute Gasteiger partial charge is 0.454 e.